The molecule has 128 valence electrons. The normalized spacial score (nSPS) is 21.9. The first kappa shape index (κ1) is 15.6. The van der Waals surface area contributed by atoms with Crippen LogP contribution in [0.1, 0.15) is 36.8 Å². The topological polar surface area (TPSA) is 55.8 Å². The van der Waals surface area contributed by atoms with E-state index in [1.807, 2.05) is 0 Å². The molecule has 1 aromatic carbocycles. The second-order valence-corrected chi connectivity index (χ2v) is 6.78. The van der Waals surface area contributed by atoms with Crippen molar-refractivity contribution in [3.63, 3.8) is 0 Å². The van der Waals surface area contributed by atoms with E-state index in [1.54, 1.807) is 11.0 Å². The molecule has 6 heteroatoms. The predicted molar refractivity (Wildman–Crippen MR) is 84.4 cm³/mol. The molecule has 1 saturated carbocycles. The molecular formula is C18H20FNO4. The number of hydrogen-bond acceptors (Lipinski definition) is 4. The van der Waals surface area contributed by atoms with Gasteiger partial charge in [0, 0.05) is 19.3 Å². The lowest BCUT2D eigenvalue weighted by Gasteiger charge is -2.32. The molecule has 1 amide bonds. The van der Waals surface area contributed by atoms with Crippen LogP contribution in [0.4, 0.5) is 10.1 Å². The van der Waals surface area contributed by atoms with Crippen LogP contribution in [-0.4, -0.2) is 38.2 Å². The van der Waals surface area contributed by atoms with Gasteiger partial charge in [-0.25, -0.2) is 4.39 Å². The van der Waals surface area contributed by atoms with Gasteiger partial charge in [0.05, 0.1) is 24.6 Å². The summed E-state index contributed by atoms with van der Waals surface area (Å²) in [6.45, 7) is 1.17. The van der Waals surface area contributed by atoms with Crippen molar-refractivity contribution in [2.45, 2.75) is 43.6 Å². The average molecular weight is 333 g/mol. The molecule has 24 heavy (non-hydrogen) atoms. The van der Waals surface area contributed by atoms with Crippen LogP contribution in [0.2, 0.25) is 0 Å². The molecule has 0 bridgehead atoms. The number of hydrogen-bond donors (Lipinski definition) is 0. The second-order valence-electron chi connectivity index (χ2n) is 6.78. The van der Waals surface area contributed by atoms with Crippen molar-refractivity contribution in [2.75, 3.05) is 25.2 Å². The maximum Gasteiger partial charge on any atom is 0.309 e. The molecule has 0 aromatic heterocycles. The number of fused-ring (bicyclic) bond motifs is 2. The molecule has 0 N–H and O–H groups in total. The van der Waals surface area contributed by atoms with Crippen molar-refractivity contribution in [3.8, 4) is 0 Å². The lowest BCUT2D eigenvalue weighted by molar-refractivity contribution is -0.139. The third kappa shape index (κ3) is 2.16. The van der Waals surface area contributed by atoms with E-state index in [4.69, 9.17) is 9.47 Å². The van der Waals surface area contributed by atoms with Gasteiger partial charge in [-0.05, 0) is 42.9 Å². The zero-order valence-corrected chi connectivity index (χ0v) is 13.6. The van der Waals surface area contributed by atoms with Crippen molar-refractivity contribution in [2.24, 2.45) is 0 Å². The van der Waals surface area contributed by atoms with Crippen LogP contribution in [-0.2, 0) is 30.9 Å². The number of carbonyl (C=O) groups is 2. The highest BCUT2D eigenvalue weighted by molar-refractivity contribution is 6.11. The average Bonchev–Trinajstić information content (AvgIpc) is 3.35. The number of esters is 1. The zero-order chi connectivity index (χ0) is 16.9. The summed E-state index contributed by atoms with van der Waals surface area (Å²) in [5.41, 5.74) is 1.17. The minimum absolute atomic E-state index is 0.0133. The van der Waals surface area contributed by atoms with E-state index in [-0.39, 0.29) is 30.2 Å². The van der Waals surface area contributed by atoms with Gasteiger partial charge >= 0.3 is 5.97 Å². The van der Waals surface area contributed by atoms with Gasteiger partial charge < -0.3 is 14.4 Å². The molecule has 3 aliphatic rings. The first-order chi connectivity index (χ1) is 11.6. The number of rotatable bonds is 3. The van der Waals surface area contributed by atoms with E-state index in [0.717, 1.165) is 12.8 Å². The smallest absolute Gasteiger partial charge is 0.309 e. The number of nitrogens with zero attached hydrogens (tertiary/aromatic N) is 1. The van der Waals surface area contributed by atoms with Gasteiger partial charge in [0.15, 0.2) is 0 Å². The number of benzene rings is 1. The molecule has 0 unspecified atom stereocenters. The first-order valence-corrected chi connectivity index (χ1v) is 8.38. The molecule has 1 saturated heterocycles. The first-order valence-electron chi connectivity index (χ1n) is 8.38. The predicted octanol–water partition coefficient (Wildman–Crippen LogP) is 2.10. The summed E-state index contributed by atoms with van der Waals surface area (Å²) in [5, 5.41) is 0. The molecule has 2 heterocycles. The van der Waals surface area contributed by atoms with Gasteiger partial charge in [0.1, 0.15) is 5.82 Å². The van der Waals surface area contributed by atoms with Crippen LogP contribution < -0.4 is 4.90 Å². The molecule has 5 nitrogen and oxygen atoms in total. The number of halogens is 1. The Kier molecular flexibility index (Phi) is 3.60. The van der Waals surface area contributed by atoms with Crippen LogP contribution in [0.25, 0.3) is 0 Å². The molecule has 4 rings (SSSR count). The summed E-state index contributed by atoms with van der Waals surface area (Å²) in [6.07, 6.45) is 2.92. The Bertz CT molecular complexity index is 707. The Balaban J connectivity index is 1.82. The molecule has 1 aliphatic carbocycles. The second kappa shape index (κ2) is 5.55. The standard InChI is InChI=1S/C18H20FNO4/c1-23-14(21)10-11-2-3-13(19)16-15(11)18(6-7-18)17(22)20(16)12-4-8-24-9-5-12/h2-3,12H,4-10H2,1H3. The van der Waals surface area contributed by atoms with Crippen molar-refractivity contribution in [1.82, 2.24) is 0 Å². The zero-order valence-electron chi connectivity index (χ0n) is 13.6. The van der Waals surface area contributed by atoms with E-state index < -0.39 is 5.41 Å². The van der Waals surface area contributed by atoms with Crippen molar-refractivity contribution in [3.05, 3.63) is 29.1 Å². The third-order valence-corrected chi connectivity index (χ3v) is 5.43. The highest BCUT2D eigenvalue weighted by atomic mass is 19.1. The van der Waals surface area contributed by atoms with Crippen LogP contribution in [0.5, 0.6) is 0 Å². The Hall–Kier alpha value is -1.95. The molecule has 0 radical (unpaired) electrons. The molecule has 0 atom stereocenters. The third-order valence-electron chi connectivity index (χ3n) is 5.43. The largest absolute Gasteiger partial charge is 0.469 e. The van der Waals surface area contributed by atoms with Gasteiger partial charge in [-0.1, -0.05) is 6.07 Å². The maximum absolute atomic E-state index is 14.7. The highest BCUT2D eigenvalue weighted by Gasteiger charge is 2.62. The van der Waals surface area contributed by atoms with Crippen LogP contribution in [0.15, 0.2) is 12.1 Å². The van der Waals surface area contributed by atoms with E-state index >= 15 is 0 Å². The quantitative estimate of drug-likeness (QED) is 0.795. The summed E-state index contributed by atoms with van der Waals surface area (Å²) in [5.74, 6) is -0.778. The van der Waals surface area contributed by atoms with Crippen molar-refractivity contribution in [1.29, 1.82) is 0 Å². The number of amides is 1. The monoisotopic (exact) mass is 333 g/mol. The van der Waals surface area contributed by atoms with E-state index in [1.165, 1.54) is 13.2 Å². The van der Waals surface area contributed by atoms with E-state index in [0.29, 0.717) is 42.9 Å². The molecular weight excluding hydrogens is 313 g/mol. The fourth-order valence-electron chi connectivity index (χ4n) is 4.07. The number of methoxy groups -OCH3 is 1. The minimum atomic E-state index is -0.626. The number of ether oxygens (including phenoxy) is 2. The summed E-state index contributed by atoms with van der Waals surface area (Å²) >= 11 is 0. The Labute approximate surface area is 139 Å². The van der Waals surface area contributed by atoms with E-state index in [9.17, 15) is 14.0 Å². The van der Waals surface area contributed by atoms with Crippen LogP contribution in [0.3, 0.4) is 0 Å². The summed E-state index contributed by atoms with van der Waals surface area (Å²) in [4.78, 5) is 26.5. The van der Waals surface area contributed by atoms with Crippen LogP contribution >= 0.6 is 0 Å². The SMILES string of the molecule is COC(=O)Cc1ccc(F)c2c1C1(CC1)C(=O)N2C1CCOCC1. The van der Waals surface area contributed by atoms with Gasteiger partial charge in [0.2, 0.25) is 5.91 Å². The molecule has 1 aromatic rings. The van der Waals surface area contributed by atoms with E-state index in [2.05, 4.69) is 0 Å². The van der Waals surface area contributed by atoms with Gasteiger partial charge in [-0.2, -0.15) is 0 Å². The Morgan fingerprint density at radius 2 is 2.08 bits per heavy atom. The molecule has 2 aliphatic heterocycles. The maximum atomic E-state index is 14.7. The summed E-state index contributed by atoms with van der Waals surface area (Å²) in [7, 11) is 1.33. The fourth-order valence-corrected chi connectivity index (χ4v) is 4.07. The summed E-state index contributed by atoms with van der Waals surface area (Å²) in [6, 6.07) is 2.94. The molecule has 2 fully saturated rings. The lowest BCUT2D eigenvalue weighted by atomic mass is 9.91. The van der Waals surface area contributed by atoms with Gasteiger partial charge in [-0.15, -0.1) is 0 Å². The Morgan fingerprint density at radius 3 is 2.71 bits per heavy atom. The van der Waals surface area contributed by atoms with Gasteiger partial charge in [0.25, 0.3) is 0 Å². The number of carbonyl (C=O) groups excluding carboxylic acids is 2. The molecule has 1 spiro atoms. The van der Waals surface area contributed by atoms with Gasteiger partial charge in [-0.3, -0.25) is 9.59 Å². The fraction of sp³-hybridized carbons (Fsp3) is 0.556. The Morgan fingerprint density at radius 1 is 1.38 bits per heavy atom. The lowest BCUT2D eigenvalue weighted by Crippen LogP contribution is -2.44. The number of anilines is 1. The van der Waals surface area contributed by atoms with Crippen molar-refractivity contribution < 1.29 is 23.5 Å². The summed E-state index contributed by atoms with van der Waals surface area (Å²) < 4.78 is 24.8. The van der Waals surface area contributed by atoms with Crippen LogP contribution in [0, 0.1) is 5.82 Å². The highest BCUT2D eigenvalue weighted by Crippen LogP contribution is 2.60. The minimum Gasteiger partial charge on any atom is -0.469 e. The van der Waals surface area contributed by atoms with Crippen molar-refractivity contribution >= 4 is 17.6 Å².